The maximum Gasteiger partial charge on any atom is 0.341 e. The van der Waals surface area contributed by atoms with Crippen LogP contribution in [0.1, 0.15) is 5.56 Å². The SMILES string of the molecule is CN(Cc1ccc(OCC(=O)O)c(-c2ccc3ccncc3c2)c1)Sc1ccc(F)cc1. The van der Waals surface area contributed by atoms with Gasteiger partial charge in [0.15, 0.2) is 6.61 Å². The van der Waals surface area contributed by atoms with E-state index in [9.17, 15) is 9.18 Å². The lowest BCUT2D eigenvalue weighted by atomic mass is 9.99. The standard InChI is InChI=1S/C25H21FN2O3S/c1-28(32-22-7-5-21(26)6-8-22)15-17-2-9-24(31-16-25(29)30)23(12-17)19-4-3-18-10-11-27-14-20(18)13-19/h2-14H,15-16H2,1H3,(H,29,30). The lowest BCUT2D eigenvalue weighted by Gasteiger charge is -2.18. The van der Waals surface area contributed by atoms with Crippen LogP contribution in [0.15, 0.2) is 84.0 Å². The molecule has 0 fully saturated rings. The van der Waals surface area contributed by atoms with E-state index in [-0.39, 0.29) is 5.82 Å². The first kappa shape index (κ1) is 21.8. The second kappa shape index (κ2) is 9.80. The molecular formula is C25H21FN2O3S. The van der Waals surface area contributed by atoms with Gasteiger partial charge in [-0.2, -0.15) is 0 Å². The Labute approximate surface area is 189 Å². The van der Waals surface area contributed by atoms with E-state index in [0.29, 0.717) is 12.3 Å². The first-order valence-electron chi connectivity index (χ1n) is 9.94. The van der Waals surface area contributed by atoms with Crippen LogP contribution in [0.4, 0.5) is 4.39 Å². The van der Waals surface area contributed by atoms with Crippen molar-refractivity contribution in [3.8, 4) is 16.9 Å². The molecule has 0 spiro atoms. The summed E-state index contributed by atoms with van der Waals surface area (Å²) in [5, 5.41) is 11.1. The van der Waals surface area contributed by atoms with E-state index < -0.39 is 12.6 Å². The van der Waals surface area contributed by atoms with Crippen molar-refractivity contribution in [1.29, 1.82) is 0 Å². The van der Waals surface area contributed by atoms with Crippen LogP contribution in [-0.4, -0.2) is 34.0 Å². The molecule has 1 aromatic heterocycles. The second-order valence-electron chi connectivity index (χ2n) is 7.28. The summed E-state index contributed by atoms with van der Waals surface area (Å²) in [4.78, 5) is 16.2. The number of benzene rings is 3. The van der Waals surface area contributed by atoms with Crippen LogP contribution >= 0.6 is 11.9 Å². The lowest BCUT2D eigenvalue weighted by molar-refractivity contribution is -0.139. The number of nitrogens with zero attached hydrogens (tertiary/aromatic N) is 2. The third-order valence-corrected chi connectivity index (χ3v) is 5.75. The van der Waals surface area contributed by atoms with Gasteiger partial charge in [-0.15, -0.1) is 0 Å². The van der Waals surface area contributed by atoms with Crippen LogP contribution in [0.5, 0.6) is 5.75 Å². The fraction of sp³-hybridized carbons (Fsp3) is 0.120. The molecule has 0 aliphatic carbocycles. The Morgan fingerprint density at radius 1 is 1.06 bits per heavy atom. The van der Waals surface area contributed by atoms with Crippen LogP contribution in [0.25, 0.3) is 21.9 Å². The van der Waals surface area contributed by atoms with Gasteiger partial charge in [0.1, 0.15) is 11.6 Å². The molecule has 4 rings (SSSR count). The molecule has 0 atom stereocenters. The van der Waals surface area contributed by atoms with Gasteiger partial charge in [-0.05, 0) is 84.0 Å². The molecule has 4 aromatic rings. The van der Waals surface area contributed by atoms with Gasteiger partial charge in [-0.3, -0.25) is 4.98 Å². The van der Waals surface area contributed by atoms with Crippen molar-refractivity contribution in [1.82, 2.24) is 9.29 Å². The number of ether oxygens (including phenoxy) is 1. The Balaban J connectivity index is 1.62. The summed E-state index contributed by atoms with van der Waals surface area (Å²) >= 11 is 1.52. The number of pyridine rings is 1. The first-order valence-corrected chi connectivity index (χ1v) is 10.7. The molecule has 0 radical (unpaired) electrons. The minimum atomic E-state index is -1.03. The summed E-state index contributed by atoms with van der Waals surface area (Å²) in [5.41, 5.74) is 2.77. The average molecular weight is 449 g/mol. The van der Waals surface area contributed by atoms with Crippen LogP contribution in [-0.2, 0) is 11.3 Å². The molecule has 1 N–H and O–H groups in total. The summed E-state index contributed by atoms with van der Waals surface area (Å²) in [6, 6.07) is 20.1. The van der Waals surface area contributed by atoms with Crippen molar-refractivity contribution in [3.05, 3.63) is 90.5 Å². The topological polar surface area (TPSA) is 62.7 Å². The average Bonchev–Trinajstić information content (AvgIpc) is 2.79. The zero-order valence-corrected chi connectivity index (χ0v) is 18.2. The van der Waals surface area contributed by atoms with E-state index in [1.807, 2.05) is 43.4 Å². The van der Waals surface area contributed by atoms with E-state index in [1.54, 1.807) is 30.6 Å². The third-order valence-electron chi connectivity index (χ3n) is 4.83. The van der Waals surface area contributed by atoms with Crippen molar-refractivity contribution in [2.45, 2.75) is 11.4 Å². The number of halogens is 1. The zero-order valence-electron chi connectivity index (χ0n) is 17.4. The molecule has 1 heterocycles. The maximum absolute atomic E-state index is 13.1. The molecule has 5 nitrogen and oxygen atoms in total. The first-order chi connectivity index (χ1) is 15.5. The molecule has 32 heavy (non-hydrogen) atoms. The van der Waals surface area contributed by atoms with E-state index in [1.165, 1.54) is 24.1 Å². The Kier molecular flexibility index (Phi) is 6.68. The lowest BCUT2D eigenvalue weighted by Crippen LogP contribution is -2.11. The predicted octanol–water partition coefficient (Wildman–Crippen LogP) is 5.64. The number of hydrogen-bond donors (Lipinski definition) is 1. The molecule has 162 valence electrons. The van der Waals surface area contributed by atoms with Gasteiger partial charge in [0.25, 0.3) is 0 Å². The highest BCUT2D eigenvalue weighted by molar-refractivity contribution is 7.97. The number of hydrogen-bond acceptors (Lipinski definition) is 5. The summed E-state index contributed by atoms with van der Waals surface area (Å²) < 4.78 is 20.8. The van der Waals surface area contributed by atoms with E-state index in [4.69, 9.17) is 9.84 Å². The summed E-state index contributed by atoms with van der Waals surface area (Å²) in [6.07, 6.45) is 3.55. The van der Waals surface area contributed by atoms with E-state index in [0.717, 1.165) is 32.4 Å². The largest absolute Gasteiger partial charge is 0.481 e. The highest BCUT2D eigenvalue weighted by atomic mass is 32.2. The van der Waals surface area contributed by atoms with E-state index >= 15 is 0 Å². The van der Waals surface area contributed by atoms with Crippen molar-refractivity contribution < 1.29 is 19.0 Å². The molecule has 0 saturated carbocycles. The fourth-order valence-electron chi connectivity index (χ4n) is 3.38. The Hall–Kier alpha value is -3.42. The molecule has 0 aliphatic rings. The van der Waals surface area contributed by atoms with Crippen LogP contribution in [0.3, 0.4) is 0 Å². The minimum Gasteiger partial charge on any atom is -0.481 e. The molecule has 0 amide bonds. The number of carboxylic acids is 1. The summed E-state index contributed by atoms with van der Waals surface area (Å²) in [6.45, 7) is 0.213. The van der Waals surface area contributed by atoms with Crippen molar-refractivity contribution in [2.24, 2.45) is 0 Å². The molecular weight excluding hydrogens is 427 g/mol. The van der Waals surface area contributed by atoms with Crippen molar-refractivity contribution in [2.75, 3.05) is 13.7 Å². The quantitative estimate of drug-likeness (QED) is 0.352. The predicted molar refractivity (Wildman–Crippen MR) is 124 cm³/mol. The third kappa shape index (κ3) is 5.43. The highest BCUT2D eigenvalue weighted by Gasteiger charge is 2.12. The normalized spacial score (nSPS) is 11.1. The number of carbonyl (C=O) groups is 1. The Morgan fingerprint density at radius 3 is 2.66 bits per heavy atom. The maximum atomic E-state index is 13.1. The number of aliphatic carboxylic acids is 1. The number of carboxylic acid groups (broad SMARTS) is 1. The molecule has 0 unspecified atom stereocenters. The molecule has 0 saturated heterocycles. The van der Waals surface area contributed by atoms with Gasteiger partial charge in [-0.1, -0.05) is 18.2 Å². The highest BCUT2D eigenvalue weighted by Crippen LogP contribution is 2.34. The number of fused-ring (bicyclic) bond motifs is 1. The van der Waals surface area contributed by atoms with Gasteiger partial charge in [0, 0.05) is 34.8 Å². The van der Waals surface area contributed by atoms with Gasteiger partial charge in [-0.25, -0.2) is 13.5 Å². The fourth-order valence-corrected chi connectivity index (χ4v) is 4.22. The molecule has 3 aromatic carbocycles. The van der Waals surface area contributed by atoms with Crippen molar-refractivity contribution in [3.63, 3.8) is 0 Å². The van der Waals surface area contributed by atoms with Crippen LogP contribution < -0.4 is 4.74 Å². The van der Waals surface area contributed by atoms with E-state index in [2.05, 4.69) is 9.29 Å². The summed E-state index contributed by atoms with van der Waals surface area (Å²) in [5.74, 6) is -0.782. The minimum absolute atomic E-state index is 0.260. The van der Waals surface area contributed by atoms with Crippen LogP contribution in [0, 0.1) is 5.82 Å². The number of rotatable bonds is 8. The van der Waals surface area contributed by atoms with Gasteiger partial charge < -0.3 is 9.84 Å². The second-order valence-corrected chi connectivity index (χ2v) is 8.56. The smallest absolute Gasteiger partial charge is 0.341 e. The van der Waals surface area contributed by atoms with Gasteiger partial charge in [0.2, 0.25) is 0 Å². The Bertz CT molecular complexity index is 1250. The van der Waals surface area contributed by atoms with Crippen molar-refractivity contribution >= 4 is 28.7 Å². The summed E-state index contributed by atoms with van der Waals surface area (Å²) in [7, 11) is 1.96. The van der Waals surface area contributed by atoms with Gasteiger partial charge in [0.05, 0.1) is 0 Å². The Morgan fingerprint density at radius 2 is 1.88 bits per heavy atom. The molecule has 0 aliphatic heterocycles. The zero-order chi connectivity index (χ0) is 22.5. The molecule has 0 bridgehead atoms. The van der Waals surface area contributed by atoms with Gasteiger partial charge >= 0.3 is 5.97 Å². The monoisotopic (exact) mass is 448 g/mol. The van der Waals surface area contributed by atoms with Crippen LogP contribution in [0.2, 0.25) is 0 Å². The molecule has 7 heteroatoms. The number of aromatic nitrogens is 1.